The Hall–Kier alpha value is -1.98. The molecule has 0 aliphatic carbocycles. The summed E-state index contributed by atoms with van der Waals surface area (Å²) < 4.78 is 16.3. The first-order valence-electron chi connectivity index (χ1n) is 6.14. The predicted octanol–water partition coefficient (Wildman–Crippen LogP) is 2.10. The lowest BCUT2D eigenvalue weighted by molar-refractivity contribution is -0.0443. The maximum atomic E-state index is 5.52. The van der Waals surface area contributed by atoms with Crippen molar-refractivity contribution < 1.29 is 14.2 Å². The molecule has 3 rings (SSSR count). The van der Waals surface area contributed by atoms with E-state index in [-0.39, 0.29) is 6.29 Å². The van der Waals surface area contributed by atoms with Crippen LogP contribution in [0.25, 0.3) is 0 Å². The lowest BCUT2D eigenvalue weighted by Gasteiger charge is -2.09. The molecule has 0 radical (unpaired) electrons. The Bertz CT molecular complexity index is 510. The molecule has 2 aromatic heterocycles. The summed E-state index contributed by atoms with van der Waals surface area (Å²) in [7, 11) is 0. The Labute approximate surface area is 111 Å². The van der Waals surface area contributed by atoms with Gasteiger partial charge in [-0.3, -0.25) is 4.98 Å². The van der Waals surface area contributed by atoms with Gasteiger partial charge in [0.05, 0.1) is 18.9 Å². The lowest BCUT2D eigenvalue weighted by atomic mass is 10.2. The molecule has 1 saturated heterocycles. The van der Waals surface area contributed by atoms with Crippen LogP contribution in [0.4, 0.5) is 0 Å². The smallest absolute Gasteiger partial charge is 0.213 e. The summed E-state index contributed by atoms with van der Waals surface area (Å²) in [4.78, 5) is 8.41. The molecular weight excluding hydrogens is 244 g/mol. The van der Waals surface area contributed by atoms with Crippen molar-refractivity contribution >= 4 is 0 Å². The zero-order valence-corrected chi connectivity index (χ0v) is 10.4. The van der Waals surface area contributed by atoms with E-state index in [1.54, 1.807) is 12.4 Å². The van der Waals surface area contributed by atoms with Crippen molar-refractivity contribution in [1.82, 2.24) is 9.97 Å². The van der Waals surface area contributed by atoms with E-state index in [9.17, 15) is 0 Å². The standard InChI is InChI=1S/C14H14N2O3/c1-2-6-15-13(3-1)19-10-12-5-4-11(9-16-12)14-17-7-8-18-14/h1-6,9,14H,7-8,10H2. The summed E-state index contributed by atoms with van der Waals surface area (Å²) >= 11 is 0. The van der Waals surface area contributed by atoms with Crippen LogP contribution < -0.4 is 4.74 Å². The zero-order chi connectivity index (χ0) is 12.9. The summed E-state index contributed by atoms with van der Waals surface area (Å²) in [5.41, 5.74) is 1.77. The molecular formula is C14H14N2O3. The minimum absolute atomic E-state index is 0.279. The van der Waals surface area contributed by atoms with Crippen molar-refractivity contribution in [2.45, 2.75) is 12.9 Å². The van der Waals surface area contributed by atoms with Gasteiger partial charge in [0.25, 0.3) is 0 Å². The van der Waals surface area contributed by atoms with Crippen molar-refractivity contribution in [1.29, 1.82) is 0 Å². The average molecular weight is 258 g/mol. The largest absolute Gasteiger partial charge is 0.471 e. The van der Waals surface area contributed by atoms with Gasteiger partial charge in [-0.05, 0) is 12.1 Å². The van der Waals surface area contributed by atoms with Crippen LogP contribution in [-0.2, 0) is 16.1 Å². The maximum absolute atomic E-state index is 5.52. The van der Waals surface area contributed by atoms with Crippen LogP contribution in [0.3, 0.4) is 0 Å². The van der Waals surface area contributed by atoms with Crippen LogP contribution in [0.2, 0.25) is 0 Å². The molecule has 1 aliphatic heterocycles. The van der Waals surface area contributed by atoms with Gasteiger partial charge >= 0.3 is 0 Å². The first-order valence-corrected chi connectivity index (χ1v) is 6.14. The highest BCUT2D eigenvalue weighted by molar-refractivity contribution is 5.16. The number of aromatic nitrogens is 2. The molecule has 1 aliphatic rings. The number of nitrogens with zero attached hydrogens (tertiary/aromatic N) is 2. The van der Waals surface area contributed by atoms with Gasteiger partial charge in [-0.25, -0.2) is 4.98 Å². The van der Waals surface area contributed by atoms with E-state index in [1.807, 2.05) is 30.3 Å². The van der Waals surface area contributed by atoms with Gasteiger partial charge in [-0.1, -0.05) is 12.1 Å². The van der Waals surface area contributed by atoms with Crippen molar-refractivity contribution in [3.05, 3.63) is 54.0 Å². The molecule has 0 bridgehead atoms. The lowest BCUT2D eigenvalue weighted by Crippen LogP contribution is -2.02. The third kappa shape index (κ3) is 3.07. The molecule has 0 aromatic carbocycles. The summed E-state index contributed by atoms with van der Waals surface area (Å²) in [6.45, 7) is 1.66. The van der Waals surface area contributed by atoms with Gasteiger partial charge in [-0.15, -0.1) is 0 Å². The highest BCUT2D eigenvalue weighted by Crippen LogP contribution is 2.22. The number of hydrogen-bond acceptors (Lipinski definition) is 5. The zero-order valence-electron chi connectivity index (χ0n) is 10.4. The maximum Gasteiger partial charge on any atom is 0.213 e. The molecule has 0 amide bonds. The van der Waals surface area contributed by atoms with E-state index >= 15 is 0 Å². The minimum atomic E-state index is -0.279. The van der Waals surface area contributed by atoms with Crippen molar-refractivity contribution in [2.75, 3.05) is 13.2 Å². The molecule has 2 aromatic rings. The average Bonchev–Trinajstić information content (AvgIpc) is 3.01. The molecule has 19 heavy (non-hydrogen) atoms. The van der Waals surface area contributed by atoms with Crippen LogP contribution in [0.15, 0.2) is 42.7 Å². The van der Waals surface area contributed by atoms with Crippen LogP contribution >= 0.6 is 0 Å². The third-order valence-electron chi connectivity index (χ3n) is 2.75. The van der Waals surface area contributed by atoms with Crippen molar-refractivity contribution in [2.24, 2.45) is 0 Å². The summed E-state index contributed by atoms with van der Waals surface area (Å²) in [6, 6.07) is 9.40. The van der Waals surface area contributed by atoms with E-state index < -0.39 is 0 Å². The van der Waals surface area contributed by atoms with E-state index in [1.165, 1.54) is 0 Å². The monoisotopic (exact) mass is 258 g/mol. The summed E-state index contributed by atoms with van der Waals surface area (Å²) in [5.74, 6) is 0.593. The van der Waals surface area contributed by atoms with Crippen LogP contribution in [0.1, 0.15) is 17.5 Å². The Morgan fingerprint density at radius 1 is 1.11 bits per heavy atom. The molecule has 5 heteroatoms. The van der Waals surface area contributed by atoms with E-state index in [0.29, 0.717) is 25.7 Å². The Morgan fingerprint density at radius 2 is 2.00 bits per heavy atom. The van der Waals surface area contributed by atoms with Crippen LogP contribution in [0.5, 0.6) is 5.88 Å². The topological polar surface area (TPSA) is 53.5 Å². The molecule has 0 saturated carbocycles. The van der Waals surface area contributed by atoms with Gasteiger partial charge < -0.3 is 14.2 Å². The van der Waals surface area contributed by atoms with Gasteiger partial charge in [-0.2, -0.15) is 0 Å². The SMILES string of the molecule is c1ccc(OCc2ccc(C3OCCO3)cn2)nc1. The number of ether oxygens (including phenoxy) is 3. The molecule has 3 heterocycles. The van der Waals surface area contributed by atoms with E-state index in [2.05, 4.69) is 9.97 Å². The van der Waals surface area contributed by atoms with Gasteiger partial charge in [0.2, 0.25) is 5.88 Å². The second-order valence-electron chi connectivity index (χ2n) is 4.11. The Kier molecular flexibility index (Phi) is 3.67. The minimum Gasteiger partial charge on any atom is -0.471 e. The molecule has 0 atom stereocenters. The first-order chi connectivity index (χ1) is 9.42. The second-order valence-corrected chi connectivity index (χ2v) is 4.11. The molecule has 0 spiro atoms. The Balaban J connectivity index is 1.60. The molecule has 0 N–H and O–H groups in total. The van der Waals surface area contributed by atoms with Gasteiger partial charge in [0.15, 0.2) is 6.29 Å². The highest BCUT2D eigenvalue weighted by atomic mass is 16.7. The molecule has 1 fully saturated rings. The van der Waals surface area contributed by atoms with E-state index in [4.69, 9.17) is 14.2 Å². The molecule has 98 valence electrons. The van der Waals surface area contributed by atoms with Gasteiger partial charge in [0, 0.05) is 24.0 Å². The fourth-order valence-electron chi connectivity index (χ4n) is 1.79. The summed E-state index contributed by atoms with van der Waals surface area (Å²) in [5, 5.41) is 0. The number of pyridine rings is 2. The summed E-state index contributed by atoms with van der Waals surface area (Å²) in [6.07, 6.45) is 3.17. The molecule has 0 unspecified atom stereocenters. The van der Waals surface area contributed by atoms with Crippen molar-refractivity contribution in [3.63, 3.8) is 0 Å². The van der Waals surface area contributed by atoms with Crippen LogP contribution in [-0.4, -0.2) is 23.2 Å². The van der Waals surface area contributed by atoms with Gasteiger partial charge in [0.1, 0.15) is 6.61 Å². The Morgan fingerprint density at radius 3 is 2.68 bits per heavy atom. The fourth-order valence-corrected chi connectivity index (χ4v) is 1.79. The normalized spacial score (nSPS) is 15.6. The number of rotatable bonds is 4. The van der Waals surface area contributed by atoms with E-state index in [0.717, 1.165) is 11.3 Å². The second kappa shape index (κ2) is 5.77. The predicted molar refractivity (Wildman–Crippen MR) is 67.5 cm³/mol. The molecule has 5 nitrogen and oxygen atoms in total. The highest BCUT2D eigenvalue weighted by Gasteiger charge is 2.18. The van der Waals surface area contributed by atoms with Crippen LogP contribution in [0, 0.1) is 0 Å². The first kappa shape index (κ1) is 12.1. The fraction of sp³-hybridized carbons (Fsp3) is 0.286. The quantitative estimate of drug-likeness (QED) is 0.840. The third-order valence-corrected chi connectivity index (χ3v) is 2.75. The van der Waals surface area contributed by atoms with Crippen molar-refractivity contribution in [3.8, 4) is 5.88 Å². The number of hydrogen-bond donors (Lipinski definition) is 0.